The molecule has 0 aliphatic heterocycles. The van der Waals surface area contributed by atoms with E-state index in [4.69, 9.17) is 10.5 Å². The number of anilines is 1. The highest BCUT2D eigenvalue weighted by molar-refractivity contribution is 5.72. The second-order valence-corrected chi connectivity index (χ2v) is 5.66. The van der Waals surface area contributed by atoms with E-state index in [-0.39, 0.29) is 0 Å². The molecule has 0 radical (unpaired) electrons. The highest BCUT2D eigenvalue weighted by Gasteiger charge is 2.10. The van der Waals surface area contributed by atoms with Crippen molar-refractivity contribution in [3.05, 3.63) is 47.9 Å². The summed E-state index contributed by atoms with van der Waals surface area (Å²) in [4.78, 5) is 9.23. The maximum atomic E-state index is 5.75. The van der Waals surface area contributed by atoms with E-state index >= 15 is 0 Å². The number of imidazole rings is 1. The maximum absolute atomic E-state index is 5.75. The molecule has 0 atom stereocenters. The van der Waals surface area contributed by atoms with E-state index in [1.165, 1.54) is 0 Å². The third-order valence-corrected chi connectivity index (χ3v) is 3.79. The molecular weight excluding hydrogens is 288 g/mol. The van der Waals surface area contributed by atoms with Gasteiger partial charge in [0.05, 0.1) is 6.61 Å². The van der Waals surface area contributed by atoms with Gasteiger partial charge in [-0.25, -0.2) is 9.97 Å². The van der Waals surface area contributed by atoms with E-state index in [0.717, 1.165) is 53.4 Å². The summed E-state index contributed by atoms with van der Waals surface area (Å²) in [6.07, 6.45) is 3.69. The Hall–Kier alpha value is -2.56. The van der Waals surface area contributed by atoms with Crippen molar-refractivity contribution in [1.82, 2.24) is 14.5 Å². The van der Waals surface area contributed by atoms with Crippen molar-refractivity contribution < 1.29 is 4.74 Å². The van der Waals surface area contributed by atoms with Gasteiger partial charge in [0, 0.05) is 24.8 Å². The molecule has 23 heavy (non-hydrogen) atoms. The number of nitrogens with zero attached hydrogens (tertiary/aromatic N) is 3. The molecule has 0 aliphatic carbocycles. The Morgan fingerprint density at radius 1 is 1.22 bits per heavy atom. The molecule has 0 fully saturated rings. The zero-order valence-corrected chi connectivity index (χ0v) is 13.6. The number of aryl methyl sites for hydroxylation is 3. The number of nitrogens with two attached hydrogens (primary N) is 1. The summed E-state index contributed by atoms with van der Waals surface area (Å²) < 4.78 is 7.95. The fraction of sp³-hybridized carbons (Fsp3) is 0.333. The van der Waals surface area contributed by atoms with Gasteiger partial charge in [0.15, 0.2) is 5.65 Å². The minimum absolute atomic E-state index is 0.651. The van der Waals surface area contributed by atoms with Gasteiger partial charge in [-0.05, 0) is 49.2 Å². The Balaban J connectivity index is 1.65. The lowest BCUT2D eigenvalue weighted by Gasteiger charge is -2.09. The lowest BCUT2D eigenvalue weighted by atomic mass is 10.3. The number of ether oxygens (including phenoxy) is 1. The zero-order chi connectivity index (χ0) is 16.2. The van der Waals surface area contributed by atoms with Crippen LogP contribution in [-0.4, -0.2) is 21.1 Å². The van der Waals surface area contributed by atoms with Crippen LogP contribution in [0.25, 0.3) is 11.2 Å². The van der Waals surface area contributed by atoms with E-state index in [2.05, 4.69) is 27.5 Å². The quantitative estimate of drug-likeness (QED) is 0.560. The van der Waals surface area contributed by atoms with E-state index < -0.39 is 0 Å². The van der Waals surface area contributed by atoms with Crippen LogP contribution < -0.4 is 10.5 Å². The minimum Gasteiger partial charge on any atom is -0.494 e. The summed E-state index contributed by atoms with van der Waals surface area (Å²) in [5.41, 5.74) is 9.48. The van der Waals surface area contributed by atoms with E-state index in [1.807, 2.05) is 37.4 Å². The highest BCUT2D eigenvalue weighted by atomic mass is 16.5. The minimum atomic E-state index is 0.651. The molecule has 0 amide bonds. The number of pyridine rings is 1. The number of rotatable bonds is 6. The van der Waals surface area contributed by atoms with Gasteiger partial charge >= 0.3 is 0 Å². The summed E-state index contributed by atoms with van der Waals surface area (Å²) in [6, 6.07) is 9.57. The summed E-state index contributed by atoms with van der Waals surface area (Å²) in [5.74, 6) is 1.92. The molecule has 1 aromatic carbocycles. The highest BCUT2D eigenvalue weighted by Crippen LogP contribution is 2.17. The van der Waals surface area contributed by atoms with Crippen LogP contribution in [0.2, 0.25) is 0 Å². The number of benzene rings is 1. The average Bonchev–Trinajstić information content (AvgIpc) is 2.90. The van der Waals surface area contributed by atoms with Crippen molar-refractivity contribution >= 4 is 16.9 Å². The molecule has 0 spiro atoms. The Kier molecular flexibility index (Phi) is 4.46. The molecule has 2 aromatic heterocycles. The molecule has 3 rings (SSSR count). The zero-order valence-electron chi connectivity index (χ0n) is 13.6. The lowest BCUT2D eigenvalue weighted by Crippen LogP contribution is -2.08. The van der Waals surface area contributed by atoms with Crippen LogP contribution in [0.5, 0.6) is 5.75 Å². The van der Waals surface area contributed by atoms with Crippen molar-refractivity contribution in [2.24, 2.45) is 0 Å². The molecule has 3 aromatic rings. The van der Waals surface area contributed by atoms with Crippen LogP contribution >= 0.6 is 0 Å². The first-order valence-electron chi connectivity index (χ1n) is 7.97. The predicted molar refractivity (Wildman–Crippen MR) is 92.6 cm³/mol. The molecule has 0 saturated heterocycles. The third kappa shape index (κ3) is 3.44. The number of hydrogen-bond acceptors (Lipinski definition) is 4. The smallest absolute Gasteiger partial charge is 0.160 e. The first-order valence-corrected chi connectivity index (χ1v) is 7.97. The van der Waals surface area contributed by atoms with Crippen LogP contribution in [0, 0.1) is 6.92 Å². The molecule has 2 N–H and O–H groups in total. The van der Waals surface area contributed by atoms with Gasteiger partial charge in [0.25, 0.3) is 0 Å². The first-order chi connectivity index (χ1) is 11.2. The largest absolute Gasteiger partial charge is 0.494 e. The van der Waals surface area contributed by atoms with Crippen LogP contribution in [0.4, 0.5) is 5.69 Å². The molecule has 0 aliphatic rings. The second kappa shape index (κ2) is 6.69. The number of hydrogen-bond donors (Lipinski definition) is 1. The van der Waals surface area contributed by atoms with Crippen LogP contribution in [0.15, 0.2) is 36.5 Å². The van der Waals surface area contributed by atoms with Gasteiger partial charge < -0.3 is 15.0 Å². The van der Waals surface area contributed by atoms with Gasteiger partial charge in [-0.15, -0.1) is 0 Å². The molecular formula is C18H22N4O. The third-order valence-electron chi connectivity index (χ3n) is 3.79. The van der Waals surface area contributed by atoms with Crippen molar-refractivity contribution in [3.8, 4) is 5.75 Å². The topological polar surface area (TPSA) is 66.0 Å². The SMILES string of the molecule is CCc1nc2cc(C)cnc2n1CCCOc1ccc(N)cc1. The normalized spacial score (nSPS) is 11.0. The first kappa shape index (κ1) is 15.3. The fourth-order valence-corrected chi connectivity index (χ4v) is 2.64. The molecule has 5 heteroatoms. The Morgan fingerprint density at radius 3 is 2.74 bits per heavy atom. The Labute approximate surface area is 136 Å². The Morgan fingerprint density at radius 2 is 2.00 bits per heavy atom. The van der Waals surface area contributed by atoms with Gasteiger partial charge in [-0.3, -0.25) is 0 Å². The molecule has 0 unspecified atom stereocenters. The monoisotopic (exact) mass is 310 g/mol. The number of nitrogen functional groups attached to an aromatic ring is 1. The number of aromatic nitrogens is 3. The fourth-order valence-electron chi connectivity index (χ4n) is 2.64. The van der Waals surface area contributed by atoms with Gasteiger partial charge in [0.1, 0.15) is 17.1 Å². The predicted octanol–water partition coefficient (Wildman–Crippen LogP) is 3.35. The second-order valence-electron chi connectivity index (χ2n) is 5.66. The van der Waals surface area contributed by atoms with Crippen molar-refractivity contribution in [2.45, 2.75) is 33.2 Å². The maximum Gasteiger partial charge on any atom is 0.160 e. The lowest BCUT2D eigenvalue weighted by molar-refractivity contribution is 0.301. The van der Waals surface area contributed by atoms with Gasteiger partial charge in [-0.2, -0.15) is 0 Å². The summed E-state index contributed by atoms with van der Waals surface area (Å²) >= 11 is 0. The summed E-state index contributed by atoms with van der Waals surface area (Å²) in [6.45, 7) is 5.66. The van der Waals surface area contributed by atoms with Crippen molar-refractivity contribution in [2.75, 3.05) is 12.3 Å². The van der Waals surface area contributed by atoms with Crippen molar-refractivity contribution in [1.29, 1.82) is 0 Å². The van der Waals surface area contributed by atoms with Crippen LogP contribution in [0.1, 0.15) is 24.7 Å². The van der Waals surface area contributed by atoms with Gasteiger partial charge in [-0.1, -0.05) is 6.92 Å². The van der Waals surface area contributed by atoms with Crippen LogP contribution in [-0.2, 0) is 13.0 Å². The number of fused-ring (bicyclic) bond motifs is 1. The molecule has 0 bridgehead atoms. The van der Waals surface area contributed by atoms with Crippen LogP contribution in [0.3, 0.4) is 0 Å². The average molecular weight is 310 g/mol. The molecule has 2 heterocycles. The van der Waals surface area contributed by atoms with E-state index in [1.54, 1.807) is 0 Å². The van der Waals surface area contributed by atoms with E-state index in [9.17, 15) is 0 Å². The molecule has 0 saturated carbocycles. The standard InChI is InChI=1S/C18H22N4O/c1-3-17-21-16-11-13(2)12-20-18(16)22(17)9-4-10-23-15-7-5-14(19)6-8-15/h5-8,11-12H,3-4,9-10,19H2,1-2H3. The van der Waals surface area contributed by atoms with E-state index in [0.29, 0.717) is 6.61 Å². The van der Waals surface area contributed by atoms with Gasteiger partial charge in [0.2, 0.25) is 0 Å². The summed E-state index contributed by atoms with van der Waals surface area (Å²) in [7, 11) is 0. The Bertz CT molecular complexity index is 793. The molecule has 120 valence electrons. The molecule has 5 nitrogen and oxygen atoms in total. The summed E-state index contributed by atoms with van der Waals surface area (Å²) in [5, 5.41) is 0. The van der Waals surface area contributed by atoms with Crippen molar-refractivity contribution in [3.63, 3.8) is 0 Å².